The molecule has 1 aromatic rings. The van der Waals surface area contributed by atoms with E-state index >= 15 is 0 Å². The Balaban J connectivity index is 2.31. The number of β-amino-alcohol motifs (C(OH)–C–C–N with tert-alkyl or cyclic N) is 1. The quantitative estimate of drug-likeness (QED) is 0.714. The molecule has 1 heterocycles. The molecular weight excluding hydrogens is 230 g/mol. The van der Waals surface area contributed by atoms with Crippen molar-refractivity contribution in [3.05, 3.63) is 29.3 Å². The molecule has 0 spiro atoms. The van der Waals surface area contributed by atoms with E-state index in [0.717, 1.165) is 12.1 Å². The maximum Gasteiger partial charge on any atom is 0.257 e. The second-order valence-electron chi connectivity index (χ2n) is 4.05. The number of nitrogen functional groups attached to an aromatic ring is 1. The number of halogens is 2. The maximum atomic E-state index is 13.6. The predicted octanol–water partition coefficient (Wildman–Crippen LogP) is 0.754. The zero-order valence-corrected chi connectivity index (χ0v) is 8.99. The first kappa shape index (κ1) is 11.8. The number of nitrogens with zero attached hydrogens (tertiary/aromatic N) is 1. The summed E-state index contributed by atoms with van der Waals surface area (Å²) in [6.07, 6.45) is -0.161. The first-order chi connectivity index (χ1) is 7.99. The Labute approximate surface area is 96.6 Å². The van der Waals surface area contributed by atoms with E-state index in [2.05, 4.69) is 0 Å². The number of benzene rings is 1. The molecule has 1 atom stereocenters. The summed E-state index contributed by atoms with van der Waals surface area (Å²) in [5.41, 5.74) is 4.46. The van der Waals surface area contributed by atoms with Gasteiger partial charge < -0.3 is 15.7 Å². The van der Waals surface area contributed by atoms with Crippen LogP contribution in [0.25, 0.3) is 0 Å². The standard InChI is InChI=1S/C11H12F2N2O2/c12-6-3-8(10(13)9(14)4-6)11(17)15-2-1-7(16)5-15/h3-4,7,16H,1-2,5,14H2/t7-/m0/s1. The molecule has 3 N–H and O–H groups in total. The van der Waals surface area contributed by atoms with Crippen molar-refractivity contribution in [2.45, 2.75) is 12.5 Å². The Morgan fingerprint density at radius 2 is 2.18 bits per heavy atom. The van der Waals surface area contributed by atoms with Gasteiger partial charge in [0.2, 0.25) is 0 Å². The van der Waals surface area contributed by atoms with E-state index < -0.39 is 34.9 Å². The molecule has 1 amide bonds. The number of aliphatic hydroxyl groups excluding tert-OH is 1. The number of rotatable bonds is 1. The van der Waals surface area contributed by atoms with Gasteiger partial charge in [0, 0.05) is 13.1 Å². The minimum atomic E-state index is -0.919. The average molecular weight is 242 g/mol. The molecule has 0 unspecified atom stereocenters. The molecule has 0 aliphatic carbocycles. The lowest BCUT2D eigenvalue weighted by molar-refractivity contribution is 0.0760. The Kier molecular flexibility index (Phi) is 2.97. The smallest absolute Gasteiger partial charge is 0.257 e. The minimum Gasteiger partial charge on any atom is -0.396 e. The van der Waals surface area contributed by atoms with E-state index in [4.69, 9.17) is 5.73 Å². The van der Waals surface area contributed by atoms with Gasteiger partial charge in [0.1, 0.15) is 5.82 Å². The van der Waals surface area contributed by atoms with Crippen LogP contribution in [-0.4, -0.2) is 35.1 Å². The summed E-state index contributed by atoms with van der Waals surface area (Å²) in [4.78, 5) is 13.2. The van der Waals surface area contributed by atoms with Crippen LogP contribution in [0.2, 0.25) is 0 Å². The van der Waals surface area contributed by atoms with Crippen LogP contribution in [0.3, 0.4) is 0 Å². The lowest BCUT2D eigenvalue weighted by Gasteiger charge is -2.16. The van der Waals surface area contributed by atoms with Gasteiger partial charge in [0.25, 0.3) is 5.91 Å². The second kappa shape index (κ2) is 4.29. The Bertz CT molecular complexity index is 465. The first-order valence-electron chi connectivity index (χ1n) is 5.21. The maximum absolute atomic E-state index is 13.6. The zero-order chi connectivity index (χ0) is 12.6. The Morgan fingerprint density at radius 1 is 1.47 bits per heavy atom. The van der Waals surface area contributed by atoms with Crippen molar-refractivity contribution in [2.24, 2.45) is 0 Å². The molecule has 92 valence electrons. The fourth-order valence-electron chi connectivity index (χ4n) is 1.86. The summed E-state index contributed by atoms with van der Waals surface area (Å²) < 4.78 is 26.6. The van der Waals surface area contributed by atoms with E-state index in [0.29, 0.717) is 13.0 Å². The van der Waals surface area contributed by atoms with Gasteiger partial charge in [0.05, 0.1) is 17.4 Å². The molecule has 0 radical (unpaired) electrons. The monoisotopic (exact) mass is 242 g/mol. The lowest BCUT2D eigenvalue weighted by atomic mass is 10.1. The van der Waals surface area contributed by atoms with Crippen molar-refractivity contribution in [3.63, 3.8) is 0 Å². The molecule has 4 nitrogen and oxygen atoms in total. The number of hydrogen-bond acceptors (Lipinski definition) is 3. The molecule has 1 fully saturated rings. The zero-order valence-electron chi connectivity index (χ0n) is 8.99. The van der Waals surface area contributed by atoms with Crippen LogP contribution in [0.5, 0.6) is 0 Å². The van der Waals surface area contributed by atoms with Gasteiger partial charge in [-0.2, -0.15) is 0 Å². The summed E-state index contributed by atoms with van der Waals surface area (Å²) in [6.45, 7) is 0.463. The van der Waals surface area contributed by atoms with Crippen LogP contribution >= 0.6 is 0 Å². The van der Waals surface area contributed by atoms with E-state index in [1.54, 1.807) is 0 Å². The summed E-state index contributed by atoms with van der Waals surface area (Å²) in [5.74, 6) is -2.32. The lowest BCUT2D eigenvalue weighted by Crippen LogP contribution is -2.30. The van der Waals surface area contributed by atoms with Crippen molar-refractivity contribution < 1.29 is 18.7 Å². The minimum absolute atomic E-state index is 0.134. The van der Waals surface area contributed by atoms with E-state index in [1.165, 1.54) is 4.90 Å². The van der Waals surface area contributed by atoms with Gasteiger partial charge >= 0.3 is 0 Å². The third-order valence-corrected chi connectivity index (χ3v) is 2.75. The van der Waals surface area contributed by atoms with E-state index in [9.17, 15) is 18.7 Å². The van der Waals surface area contributed by atoms with E-state index in [-0.39, 0.29) is 6.54 Å². The highest BCUT2D eigenvalue weighted by Gasteiger charge is 2.28. The Hall–Kier alpha value is -1.69. The van der Waals surface area contributed by atoms with Gasteiger partial charge in [-0.15, -0.1) is 0 Å². The number of carbonyl (C=O) groups is 1. The van der Waals surface area contributed by atoms with Gasteiger partial charge in [-0.05, 0) is 18.6 Å². The molecule has 17 heavy (non-hydrogen) atoms. The highest BCUT2D eigenvalue weighted by molar-refractivity contribution is 5.95. The molecular formula is C11H12F2N2O2. The fourth-order valence-corrected chi connectivity index (χ4v) is 1.86. The average Bonchev–Trinajstić information content (AvgIpc) is 2.69. The second-order valence-corrected chi connectivity index (χ2v) is 4.05. The predicted molar refractivity (Wildman–Crippen MR) is 57.3 cm³/mol. The largest absolute Gasteiger partial charge is 0.396 e. The van der Waals surface area contributed by atoms with Crippen molar-refractivity contribution in [3.8, 4) is 0 Å². The molecule has 1 aromatic carbocycles. The summed E-state index contributed by atoms with van der Waals surface area (Å²) in [7, 11) is 0. The number of hydrogen-bond donors (Lipinski definition) is 2. The van der Waals surface area contributed by atoms with Crippen LogP contribution in [0, 0.1) is 11.6 Å². The van der Waals surface area contributed by atoms with Crippen LogP contribution in [0.4, 0.5) is 14.5 Å². The van der Waals surface area contributed by atoms with Gasteiger partial charge in [-0.3, -0.25) is 4.79 Å². The summed E-state index contributed by atoms with van der Waals surface area (Å²) >= 11 is 0. The number of aliphatic hydroxyl groups is 1. The van der Waals surface area contributed by atoms with E-state index in [1.807, 2.05) is 0 Å². The van der Waals surface area contributed by atoms with Gasteiger partial charge in [-0.1, -0.05) is 0 Å². The molecule has 6 heteroatoms. The molecule has 1 aliphatic heterocycles. The summed E-state index contributed by atoms with van der Waals surface area (Å²) in [5, 5.41) is 9.29. The number of anilines is 1. The number of amides is 1. The van der Waals surface area contributed by atoms with Crippen molar-refractivity contribution in [1.82, 2.24) is 4.90 Å². The van der Waals surface area contributed by atoms with Crippen molar-refractivity contribution >= 4 is 11.6 Å². The van der Waals surface area contributed by atoms with Crippen molar-refractivity contribution in [1.29, 1.82) is 0 Å². The fraction of sp³-hybridized carbons (Fsp3) is 0.364. The highest BCUT2D eigenvalue weighted by atomic mass is 19.1. The normalized spacial score (nSPS) is 19.7. The molecule has 0 aromatic heterocycles. The van der Waals surface area contributed by atoms with Crippen LogP contribution in [0.1, 0.15) is 16.8 Å². The molecule has 0 bridgehead atoms. The molecule has 0 saturated carbocycles. The third kappa shape index (κ3) is 2.21. The van der Waals surface area contributed by atoms with Gasteiger partial charge in [0.15, 0.2) is 5.82 Å². The topological polar surface area (TPSA) is 66.6 Å². The molecule has 2 rings (SSSR count). The van der Waals surface area contributed by atoms with Crippen LogP contribution < -0.4 is 5.73 Å². The Morgan fingerprint density at radius 3 is 2.76 bits per heavy atom. The highest BCUT2D eigenvalue weighted by Crippen LogP contribution is 2.21. The summed E-state index contributed by atoms with van der Waals surface area (Å²) in [6, 6.07) is 1.64. The molecule has 1 saturated heterocycles. The third-order valence-electron chi connectivity index (χ3n) is 2.75. The number of carbonyl (C=O) groups excluding carboxylic acids is 1. The SMILES string of the molecule is Nc1cc(F)cc(C(=O)N2CC[C@H](O)C2)c1F. The van der Waals surface area contributed by atoms with Gasteiger partial charge in [-0.25, -0.2) is 8.78 Å². The van der Waals surface area contributed by atoms with Crippen molar-refractivity contribution in [2.75, 3.05) is 18.8 Å². The van der Waals surface area contributed by atoms with Crippen LogP contribution in [0.15, 0.2) is 12.1 Å². The molecule has 1 aliphatic rings. The van der Waals surface area contributed by atoms with Crippen LogP contribution in [-0.2, 0) is 0 Å². The first-order valence-corrected chi connectivity index (χ1v) is 5.21. The number of likely N-dealkylation sites (tertiary alicyclic amines) is 1. The number of nitrogens with two attached hydrogens (primary N) is 1.